The Bertz CT molecular complexity index is 1310. The predicted octanol–water partition coefficient (Wildman–Crippen LogP) is 4.52. The van der Waals surface area contributed by atoms with Gasteiger partial charge in [0.15, 0.2) is 0 Å². The second-order valence-electron chi connectivity index (χ2n) is 7.77. The number of ether oxygens (including phenoxy) is 1. The van der Waals surface area contributed by atoms with E-state index in [1.165, 1.54) is 0 Å². The summed E-state index contributed by atoms with van der Waals surface area (Å²) >= 11 is 0. The van der Waals surface area contributed by atoms with Crippen molar-refractivity contribution in [1.29, 1.82) is 0 Å². The number of fused-ring (bicyclic) bond motifs is 1. The monoisotopic (exact) mass is 429 g/mol. The fourth-order valence-corrected chi connectivity index (χ4v) is 3.93. The van der Waals surface area contributed by atoms with Gasteiger partial charge in [0.1, 0.15) is 17.1 Å². The summed E-state index contributed by atoms with van der Waals surface area (Å²) < 4.78 is 9.48. The molecule has 32 heavy (non-hydrogen) atoms. The minimum atomic E-state index is -0.294. The van der Waals surface area contributed by atoms with Gasteiger partial charge in [-0.1, -0.05) is 6.07 Å². The molecule has 0 bridgehead atoms. The number of amides is 1. The Morgan fingerprint density at radius 2 is 1.88 bits per heavy atom. The first-order chi connectivity index (χ1) is 15.4. The van der Waals surface area contributed by atoms with Crippen molar-refractivity contribution in [2.45, 2.75) is 34.6 Å². The molecule has 1 amide bonds. The van der Waals surface area contributed by atoms with Gasteiger partial charge in [0, 0.05) is 28.8 Å². The number of hydrogen-bond acceptors (Lipinski definition) is 4. The summed E-state index contributed by atoms with van der Waals surface area (Å²) in [7, 11) is 0. The van der Waals surface area contributed by atoms with E-state index in [1.807, 2.05) is 83.3 Å². The number of imidazole rings is 1. The zero-order valence-corrected chi connectivity index (χ0v) is 19.0. The molecule has 0 saturated carbocycles. The fraction of sp³-hybridized carbons (Fsp3) is 0.240. The van der Waals surface area contributed by atoms with Crippen molar-refractivity contribution in [3.8, 4) is 11.4 Å². The lowest BCUT2D eigenvalue weighted by Crippen LogP contribution is -2.20. The van der Waals surface area contributed by atoms with Gasteiger partial charge in [-0.15, -0.1) is 0 Å². The van der Waals surface area contributed by atoms with Crippen LogP contribution in [0.25, 0.3) is 11.3 Å². The molecule has 0 unspecified atom stereocenters. The molecule has 0 aliphatic rings. The molecule has 1 aromatic carbocycles. The summed E-state index contributed by atoms with van der Waals surface area (Å²) in [6, 6.07) is 13.9. The van der Waals surface area contributed by atoms with Crippen molar-refractivity contribution in [2.75, 3.05) is 6.61 Å². The van der Waals surface area contributed by atoms with Crippen LogP contribution in [0, 0.1) is 27.7 Å². The maximum atomic E-state index is 12.8. The van der Waals surface area contributed by atoms with Gasteiger partial charge in [0.05, 0.1) is 18.5 Å². The zero-order chi connectivity index (χ0) is 22.8. The van der Waals surface area contributed by atoms with E-state index < -0.39 is 0 Å². The minimum Gasteiger partial charge on any atom is -0.494 e. The van der Waals surface area contributed by atoms with Gasteiger partial charge in [-0.05, 0) is 76.6 Å². The highest BCUT2D eigenvalue weighted by Gasteiger charge is 2.16. The van der Waals surface area contributed by atoms with Crippen LogP contribution >= 0.6 is 0 Å². The van der Waals surface area contributed by atoms with Gasteiger partial charge in [-0.3, -0.25) is 9.20 Å². The third kappa shape index (κ3) is 4.01. The fourth-order valence-electron chi connectivity index (χ4n) is 3.93. The Balaban J connectivity index is 1.55. The van der Waals surface area contributed by atoms with Gasteiger partial charge in [-0.25, -0.2) is 10.4 Å². The van der Waals surface area contributed by atoms with Crippen LogP contribution in [0.1, 0.15) is 45.6 Å². The van der Waals surface area contributed by atoms with E-state index in [2.05, 4.69) is 20.1 Å². The number of pyridine rings is 1. The van der Waals surface area contributed by atoms with Gasteiger partial charge in [0.25, 0.3) is 5.91 Å². The number of benzene rings is 1. The third-order valence-corrected chi connectivity index (χ3v) is 5.40. The molecule has 0 aliphatic heterocycles. The first kappa shape index (κ1) is 21.4. The molecule has 4 rings (SSSR count). The number of carbonyl (C=O) groups excluding carboxylic acids is 1. The molecule has 0 spiro atoms. The molecule has 0 fully saturated rings. The molecular formula is C25H27N5O2. The standard InChI is InChI=1S/C25H27N5O2/c1-6-32-22-10-8-21(9-11-22)30-17(3)13-20(19(30)5)14-26-28-25(31)24-18(4)27-23-12-7-16(2)15-29(23)24/h7-15H,6H2,1-5H3,(H,28,31)/b26-14-. The quantitative estimate of drug-likeness (QED) is 0.362. The number of hydrogen-bond donors (Lipinski definition) is 1. The highest BCUT2D eigenvalue weighted by molar-refractivity contribution is 5.95. The van der Waals surface area contributed by atoms with Crippen LogP contribution in [-0.2, 0) is 0 Å². The lowest BCUT2D eigenvalue weighted by atomic mass is 10.2. The Labute approximate surface area is 187 Å². The van der Waals surface area contributed by atoms with Crippen molar-refractivity contribution in [3.05, 3.63) is 82.6 Å². The molecule has 3 heterocycles. The molecule has 0 atom stereocenters. The van der Waals surface area contributed by atoms with Crippen LogP contribution in [0.2, 0.25) is 0 Å². The highest BCUT2D eigenvalue weighted by Crippen LogP contribution is 2.22. The summed E-state index contributed by atoms with van der Waals surface area (Å²) in [5, 5.41) is 4.22. The van der Waals surface area contributed by atoms with E-state index in [-0.39, 0.29) is 5.91 Å². The molecule has 7 nitrogen and oxygen atoms in total. The summed E-state index contributed by atoms with van der Waals surface area (Å²) in [6.45, 7) is 10.5. The van der Waals surface area contributed by atoms with Gasteiger partial charge >= 0.3 is 0 Å². The number of carbonyl (C=O) groups is 1. The second-order valence-corrected chi connectivity index (χ2v) is 7.77. The lowest BCUT2D eigenvalue weighted by Gasteiger charge is -2.11. The molecule has 3 aromatic heterocycles. The highest BCUT2D eigenvalue weighted by atomic mass is 16.5. The number of aromatic nitrogens is 3. The van der Waals surface area contributed by atoms with Crippen LogP contribution in [0.5, 0.6) is 5.75 Å². The average Bonchev–Trinajstić information content (AvgIpc) is 3.23. The smallest absolute Gasteiger partial charge is 0.290 e. The first-order valence-corrected chi connectivity index (χ1v) is 10.6. The van der Waals surface area contributed by atoms with Crippen molar-refractivity contribution < 1.29 is 9.53 Å². The maximum absolute atomic E-state index is 12.8. The Morgan fingerprint density at radius 3 is 2.59 bits per heavy atom. The van der Waals surface area contributed by atoms with Gasteiger partial charge < -0.3 is 9.30 Å². The molecule has 7 heteroatoms. The number of hydrazone groups is 1. The summed E-state index contributed by atoms with van der Waals surface area (Å²) in [4.78, 5) is 17.3. The van der Waals surface area contributed by atoms with Gasteiger partial charge in [-0.2, -0.15) is 5.10 Å². The number of aryl methyl sites for hydroxylation is 3. The second kappa shape index (κ2) is 8.70. The van der Waals surface area contributed by atoms with E-state index in [1.54, 1.807) is 10.6 Å². The molecule has 0 aliphatic carbocycles. The third-order valence-electron chi connectivity index (χ3n) is 5.40. The van der Waals surface area contributed by atoms with Crippen LogP contribution in [0.15, 0.2) is 53.8 Å². The zero-order valence-electron chi connectivity index (χ0n) is 19.0. The topological polar surface area (TPSA) is 72.9 Å². The number of nitrogens with zero attached hydrogens (tertiary/aromatic N) is 4. The maximum Gasteiger partial charge on any atom is 0.290 e. The van der Waals surface area contributed by atoms with E-state index in [4.69, 9.17) is 4.74 Å². The molecular weight excluding hydrogens is 402 g/mol. The molecule has 0 saturated heterocycles. The van der Waals surface area contributed by atoms with Crippen molar-refractivity contribution in [3.63, 3.8) is 0 Å². The van der Waals surface area contributed by atoms with Crippen LogP contribution in [0.4, 0.5) is 0 Å². The minimum absolute atomic E-state index is 0.294. The van der Waals surface area contributed by atoms with Crippen molar-refractivity contribution >= 4 is 17.8 Å². The summed E-state index contributed by atoms with van der Waals surface area (Å²) in [5.74, 6) is 0.554. The first-order valence-electron chi connectivity index (χ1n) is 10.6. The Morgan fingerprint density at radius 1 is 1.12 bits per heavy atom. The Kier molecular flexibility index (Phi) is 5.81. The molecule has 0 radical (unpaired) electrons. The predicted molar refractivity (Wildman–Crippen MR) is 126 cm³/mol. The van der Waals surface area contributed by atoms with Crippen molar-refractivity contribution in [1.82, 2.24) is 19.4 Å². The lowest BCUT2D eigenvalue weighted by molar-refractivity contribution is 0.0948. The van der Waals surface area contributed by atoms with E-state index >= 15 is 0 Å². The molecule has 1 N–H and O–H groups in total. The Hall–Kier alpha value is -3.87. The van der Waals surface area contributed by atoms with Crippen LogP contribution in [-0.4, -0.2) is 32.7 Å². The van der Waals surface area contributed by atoms with Crippen molar-refractivity contribution in [2.24, 2.45) is 5.10 Å². The largest absolute Gasteiger partial charge is 0.494 e. The van der Waals surface area contributed by atoms with E-state index in [0.29, 0.717) is 18.0 Å². The number of nitrogens with one attached hydrogen (secondary N) is 1. The van der Waals surface area contributed by atoms with Gasteiger partial charge in [0.2, 0.25) is 0 Å². The summed E-state index contributed by atoms with van der Waals surface area (Å²) in [5.41, 5.74) is 9.67. The molecule has 4 aromatic rings. The number of rotatable bonds is 6. The molecule has 164 valence electrons. The van der Waals surface area contributed by atoms with E-state index in [0.717, 1.165) is 39.6 Å². The summed E-state index contributed by atoms with van der Waals surface area (Å²) in [6.07, 6.45) is 3.58. The normalized spacial score (nSPS) is 11.4. The van der Waals surface area contributed by atoms with E-state index in [9.17, 15) is 4.79 Å². The SMILES string of the molecule is CCOc1ccc(-n2c(C)cc(/C=N\NC(=O)c3c(C)nc4ccc(C)cn34)c2C)cc1. The van der Waals surface area contributed by atoms with Crippen LogP contribution in [0.3, 0.4) is 0 Å². The van der Waals surface area contributed by atoms with Crippen LogP contribution < -0.4 is 10.2 Å². The average molecular weight is 430 g/mol.